The lowest BCUT2D eigenvalue weighted by Crippen LogP contribution is -2.48. The highest BCUT2D eigenvalue weighted by molar-refractivity contribution is 7.14. The van der Waals surface area contributed by atoms with Gasteiger partial charge in [-0.25, -0.2) is 14.7 Å². The summed E-state index contributed by atoms with van der Waals surface area (Å²) in [6, 6.07) is 10.7. The quantitative estimate of drug-likeness (QED) is 0.484. The first-order valence-corrected chi connectivity index (χ1v) is 11.0. The number of aromatic nitrogens is 3. The van der Waals surface area contributed by atoms with E-state index in [0.29, 0.717) is 12.6 Å². The fraction of sp³-hybridized carbons (Fsp3) is 0.381. The van der Waals surface area contributed by atoms with Crippen LogP contribution in [0, 0.1) is 0 Å². The molecular formula is C21H27N7S. The third-order valence-electron chi connectivity index (χ3n) is 4.97. The lowest BCUT2D eigenvalue weighted by molar-refractivity contribution is 0.463. The molecule has 0 unspecified atom stereocenters. The van der Waals surface area contributed by atoms with Crippen LogP contribution in [0.2, 0.25) is 0 Å². The van der Waals surface area contributed by atoms with E-state index in [1.54, 1.807) is 10.9 Å². The van der Waals surface area contributed by atoms with Gasteiger partial charge in [0.25, 0.3) is 0 Å². The first kappa shape index (κ1) is 19.4. The first-order chi connectivity index (χ1) is 14.3. The number of pyridine rings is 1. The monoisotopic (exact) mass is 409 g/mol. The fourth-order valence-electron chi connectivity index (χ4n) is 3.47. The van der Waals surface area contributed by atoms with Gasteiger partial charge in [0.05, 0.1) is 11.5 Å². The molecule has 8 heteroatoms. The molecule has 0 radical (unpaired) electrons. The summed E-state index contributed by atoms with van der Waals surface area (Å²) < 4.78 is 1.76. The van der Waals surface area contributed by atoms with E-state index >= 15 is 0 Å². The number of nitrogens with one attached hydrogen (secondary N) is 2. The average Bonchev–Trinajstić information content (AvgIpc) is 3.47. The maximum Gasteiger partial charge on any atom is 0.191 e. The summed E-state index contributed by atoms with van der Waals surface area (Å²) in [6.45, 7) is 5.69. The number of hydrogen-bond acceptors (Lipinski definition) is 5. The molecule has 0 saturated carbocycles. The zero-order chi connectivity index (χ0) is 19.9. The van der Waals surface area contributed by atoms with Crippen molar-refractivity contribution in [3.63, 3.8) is 0 Å². The predicted octanol–water partition coefficient (Wildman–Crippen LogP) is 3.05. The van der Waals surface area contributed by atoms with E-state index in [2.05, 4.69) is 50.1 Å². The maximum atomic E-state index is 4.79. The highest BCUT2D eigenvalue weighted by Gasteiger charge is 2.20. The Kier molecular flexibility index (Phi) is 6.41. The number of aliphatic imine (C=N–C) groups is 1. The molecule has 0 atom stereocenters. The van der Waals surface area contributed by atoms with Crippen LogP contribution in [0.15, 0.2) is 59.3 Å². The Balaban J connectivity index is 1.35. The number of piperidine rings is 1. The summed E-state index contributed by atoms with van der Waals surface area (Å²) in [4.78, 5) is 11.7. The molecule has 0 aromatic carbocycles. The summed E-state index contributed by atoms with van der Waals surface area (Å²) in [7, 11) is 0. The van der Waals surface area contributed by atoms with Crippen molar-refractivity contribution in [2.45, 2.75) is 32.4 Å². The molecule has 0 spiro atoms. The first-order valence-electron chi connectivity index (χ1n) is 10.1. The van der Waals surface area contributed by atoms with Crippen LogP contribution >= 0.6 is 11.3 Å². The van der Waals surface area contributed by atoms with E-state index in [0.717, 1.165) is 49.8 Å². The van der Waals surface area contributed by atoms with Gasteiger partial charge in [0.2, 0.25) is 0 Å². The topological polar surface area (TPSA) is 70.4 Å². The molecule has 4 heterocycles. The number of thiophene rings is 1. The molecule has 0 amide bonds. The molecule has 1 aliphatic heterocycles. The Hall–Kier alpha value is -2.87. The normalized spacial score (nSPS) is 15.5. The number of hydrogen-bond donors (Lipinski definition) is 2. The second-order valence-electron chi connectivity index (χ2n) is 7.03. The largest absolute Gasteiger partial charge is 0.363 e. The molecular weight excluding hydrogens is 382 g/mol. The molecule has 0 aliphatic carbocycles. The van der Waals surface area contributed by atoms with Crippen LogP contribution in [0.1, 0.15) is 25.3 Å². The van der Waals surface area contributed by atoms with Crippen molar-refractivity contribution in [2.24, 2.45) is 4.99 Å². The highest BCUT2D eigenvalue weighted by atomic mass is 32.1. The third kappa shape index (κ3) is 5.14. The Morgan fingerprint density at radius 1 is 1.24 bits per heavy atom. The Bertz CT molecular complexity index is 897. The van der Waals surface area contributed by atoms with Gasteiger partial charge >= 0.3 is 0 Å². The van der Waals surface area contributed by atoms with Crippen molar-refractivity contribution >= 4 is 22.3 Å². The molecule has 0 bridgehead atoms. The third-order valence-corrected chi connectivity index (χ3v) is 5.90. The standard InChI is InChI=1S/C21H27N7S/c1-2-22-21(26-18-7-12-27(13-8-18)20-5-3-14-29-20)24-16-17-6-10-23-19(15-17)28-11-4-9-25-28/h3-6,9-11,14-15,18H,2,7-8,12-13,16H2,1H3,(H2,22,24,26). The minimum absolute atomic E-state index is 0.445. The molecule has 1 fully saturated rings. The van der Waals surface area contributed by atoms with Crippen molar-refractivity contribution in [2.75, 3.05) is 24.5 Å². The number of nitrogens with zero attached hydrogens (tertiary/aromatic N) is 5. The Labute approximate surface area is 175 Å². The van der Waals surface area contributed by atoms with Gasteiger partial charge in [-0.2, -0.15) is 5.10 Å². The van der Waals surface area contributed by atoms with Crippen LogP contribution in [0.3, 0.4) is 0 Å². The molecule has 1 saturated heterocycles. The summed E-state index contributed by atoms with van der Waals surface area (Å²) >= 11 is 1.82. The van der Waals surface area contributed by atoms with Crippen molar-refractivity contribution in [1.29, 1.82) is 0 Å². The van der Waals surface area contributed by atoms with E-state index in [4.69, 9.17) is 4.99 Å². The van der Waals surface area contributed by atoms with Gasteiger partial charge < -0.3 is 15.5 Å². The summed E-state index contributed by atoms with van der Waals surface area (Å²) in [6.07, 6.45) is 7.68. The molecule has 29 heavy (non-hydrogen) atoms. The molecule has 2 N–H and O–H groups in total. The second-order valence-corrected chi connectivity index (χ2v) is 7.95. The average molecular weight is 410 g/mol. The van der Waals surface area contributed by atoms with E-state index < -0.39 is 0 Å². The van der Waals surface area contributed by atoms with Crippen LogP contribution in [0.5, 0.6) is 0 Å². The van der Waals surface area contributed by atoms with Gasteiger partial charge in [-0.15, -0.1) is 11.3 Å². The van der Waals surface area contributed by atoms with Gasteiger partial charge in [-0.1, -0.05) is 0 Å². The molecule has 7 nitrogen and oxygen atoms in total. The number of rotatable bonds is 6. The van der Waals surface area contributed by atoms with E-state index in [1.165, 1.54) is 5.00 Å². The van der Waals surface area contributed by atoms with E-state index in [9.17, 15) is 0 Å². The Morgan fingerprint density at radius 2 is 2.14 bits per heavy atom. The Morgan fingerprint density at radius 3 is 2.86 bits per heavy atom. The summed E-state index contributed by atoms with van der Waals surface area (Å²) in [5.74, 6) is 1.68. The van der Waals surface area contributed by atoms with E-state index in [-0.39, 0.29) is 0 Å². The zero-order valence-electron chi connectivity index (χ0n) is 16.7. The molecule has 152 valence electrons. The summed E-state index contributed by atoms with van der Waals surface area (Å²) in [5.41, 5.74) is 1.11. The number of guanidine groups is 1. The second kappa shape index (κ2) is 9.56. The number of anilines is 1. The summed E-state index contributed by atoms with van der Waals surface area (Å²) in [5, 5.41) is 14.8. The molecule has 1 aliphatic rings. The van der Waals surface area contributed by atoms with Gasteiger partial charge in [0.15, 0.2) is 11.8 Å². The maximum absolute atomic E-state index is 4.79. The molecule has 4 rings (SSSR count). The van der Waals surface area contributed by atoms with E-state index in [1.807, 2.05) is 41.9 Å². The van der Waals surface area contributed by atoms with Crippen LogP contribution < -0.4 is 15.5 Å². The minimum Gasteiger partial charge on any atom is -0.363 e. The predicted molar refractivity (Wildman–Crippen MR) is 119 cm³/mol. The molecule has 3 aromatic heterocycles. The van der Waals surface area contributed by atoms with Crippen LogP contribution in [0.4, 0.5) is 5.00 Å². The fourth-order valence-corrected chi connectivity index (χ4v) is 4.25. The van der Waals surface area contributed by atoms with Gasteiger partial charge in [0, 0.05) is 44.3 Å². The van der Waals surface area contributed by atoms with Crippen LogP contribution in [0.25, 0.3) is 5.82 Å². The lowest BCUT2D eigenvalue weighted by atomic mass is 10.1. The molecule has 3 aromatic rings. The van der Waals surface area contributed by atoms with Crippen LogP contribution in [-0.4, -0.2) is 46.4 Å². The lowest BCUT2D eigenvalue weighted by Gasteiger charge is -2.33. The van der Waals surface area contributed by atoms with Gasteiger partial charge in [-0.3, -0.25) is 0 Å². The highest BCUT2D eigenvalue weighted by Crippen LogP contribution is 2.24. The van der Waals surface area contributed by atoms with Gasteiger partial charge in [-0.05, 0) is 61.0 Å². The van der Waals surface area contributed by atoms with Crippen LogP contribution in [-0.2, 0) is 6.54 Å². The minimum atomic E-state index is 0.445. The van der Waals surface area contributed by atoms with Gasteiger partial charge in [0.1, 0.15) is 0 Å². The zero-order valence-corrected chi connectivity index (χ0v) is 17.5. The van der Waals surface area contributed by atoms with Crippen molar-refractivity contribution in [3.8, 4) is 5.82 Å². The smallest absolute Gasteiger partial charge is 0.191 e. The van der Waals surface area contributed by atoms with Crippen molar-refractivity contribution < 1.29 is 0 Å². The SMILES string of the molecule is CCNC(=NCc1ccnc(-n2cccn2)c1)NC1CCN(c2cccs2)CC1. The van der Waals surface area contributed by atoms with Crippen molar-refractivity contribution in [1.82, 2.24) is 25.4 Å². The van der Waals surface area contributed by atoms with Crippen molar-refractivity contribution in [3.05, 3.63) is 59.9 Å².